The van der Waals surface area contributed by atoms with E-state index in [1.165, 1.54) is 0 Å². The van der Waals surface area contributed by atoms with E-state index in [1.807, 2.05) is 36.4 Å². The van der Waals surface area contributed by atoms with Crippen molar-refractivity contribution in [3.8, 4) is 0 Å². The molecule has 1 aromatic heterocycles. The van der Waals surface area contributed by atoms with E-state index < -0.39 is 5.82 Å². The van der Waals surface area contributed by atoms with Crippen molar-refractivity contribution in [3.05, 3.63) is 102 Å². The third-order valence-electron chi connectivity index (χ3n) is 6.30. The second kappa shape index (κ2) is 11.1. The summed E-state index contributed by atoms with van der Waals surface area (Å²) in [5.74, 6) is -0.163. The number of nitrogen functional groups attached to an aromatic ring is 1. The molecule has 0 spiro atoms. The van der Waals surface area contributed by atoms with Gasteiger partial charge in [0, 0.05) is 29.1 Å². The van der Waals surface area contributed by atoms with Crippen molar-refractivity contribution >= 4 is 16.6 Å². The van der Waals surface area contributed by atoms with Crippen LogP contribution in [0.15, 0.2) is 78.9 Å². The van der Waals surface area contributed by atoms with Gasteiger partial charge in [-0.15, -0.1) is 0 Å². The molecular formula is C30H35FN2O2. The third kappa shape index (κ3) is 6.30. The van der Waals surface area contributed by atoms with E-state index in [9.17, 15) is 4.39 Å². The van der Waals surface area contributed by atoms with Gasteiger partial charge in [-0.2, -0.15) is 0 Å². The Morgan fingerprint density at radius 3 is 2.11 bits per heavy atom. The predicted molar refractivity (Wildman–Crippen MR) is 141 cm³/mol. The number of hydrogen-bond acceptors (Lipinski definition) is 3. The molecule has 0 fully saturated rings. The van der Waals surface area contributed by atoms with Gasteiger partial charge in [-0.1, -0.05) is 81.4 Å². The van der Waals surface area contributed by atoms with Crippen LogP contribution in [0.3, 0.4) is 0 Å². The lowest BCUT2D eigenvalue weighted by Crippen LogP contribution is -2.29. The van der Waals surface area contributed by atoms with Crippen molar-refractivity contribution in [2.24, 2.45) is 5.92 Å². The number of nitrogens with two attached hydrogens (primary N) is 1. The molecule has 0 aliphatic carbocycles. The smallest absolute Gasteiger partial charge is 0.148 e. The molecule has 4 nitrogen and oxygen atoms in total. The lowest BCUT2D eigenvalue weighted by Gasteiger charge is -2.28. The van der Waals surface area contributed by atoms with E-state index in [2.05, 4.69) is 55.7 Å². The van der Waals surface area contributed by atoms with E-state index >= 15 is 0 Å². The van der Waals surface area contributed by atoms with Crippen LogP contribution < -0.4 is 5.73 Å². The molecule has 3 aromatic carbocycles. The number of hydrogen-bond donors (Lipinski definition) is 1. The molecule has 0 bridgehead atoms. The molecule has 1 atom stereocenters. The van der Waals surface area contributed by atoms with Crippen molar-refractivity contribution in [2.45, 2.75) is 45.9 Å². The summed E-state index contributed by atoms with van der Waals surface area (Å²) in [4.78, 5) is 0. The van der Waals surface area contributed by atoms with Gasteiger partial charge in [-0.3, -0.25) is 0 Å². The Hall–Kier alpha value is -3.15. The number of aromatic nitrogens is 1. The van der Waals surface area contributed by atoms with Crippen LogP contribution in [0.4, 0.5) is 10.1 Å². The molecule has 4 rings (SSSR count). The zero-order chi connectivity index (χ0) is 24.8. The zero-order valence-corrected chi connectivity index (χ0v) is 20.8. The van der Waals surface area contributed by atoms with E-state index in [0.717, 1.165) is 27.7 Å². The first-order valence-electron chi connectivity index (χ1n) is 12.2. The van der Waals surface area contributed by atoms with E-state index in [4.69, 9.17) is 15.2 Å². The summed E-state index contributed by atoms with van der Waals surface area (Å²) in [6.07, 6.45) is 0. The van der Waals surface area contributed by atoms with Crippen LogP contribution in [-0.2, 0) is 34.6 Å². The average Bonchev–Trinajstić information content (AvgIpc) is 3.18. The number of rotatable bonds is 11. The Kier molecular flexibility index (Phi) is 7.89. The number of anilines is 1. The summed E-state index contributed by atoms with van der Waals surface area (Å²) in [5.41, 5.74) is 10.0. The van der Waals surface area contributed by atoms with Gasteiger partial charge in [-0.25, -0.2) is 4.39 Å². The van der Waals surface area contributed by atoms with Crippen molar-refractivity contribution in [3.63, 3.8) is 0 Å². The maximum Gasteiger partial charge on any atom is 0.148 e. The van der Waals surface area contributed by atoms with E-state index in [0.29, 0.717) is 33.0 Å². The third-order valence-corrected chi connectivity index (χ3v) is 6.30. The number of halogens is 1. The Morgan fingerprint density at radius 1 is 0.886 bits per heavy atom. The van der Waals surface area contributed by atoms with Gasteiger partial charge in [0.15, 0.2) is 0 Å². The lowest BCUT2D eigenvalue weighted by atomic mass is 9.90. The molecule has 0 amide bonds. The minimum absolute atomic E-state index is 0.165. The average molecular weight is 475 g/mol. The van der Waals surface area contributed by atoms with Crippen LogP contribution in [0, 0.1) is 11.7 Å². The summed E-state index contributed by atoms with van der Waals surface area (Å²) in [5, 5.41) is 0.937. The number of benzene rings is 3. The topological polar surface area (TPSA) is 49.4 Å². The zero-order valence-electron chi connectivity index (χ0n) is 20.8. The van der Waals surface area contributed by atoms with Crippen molar-refractivity contribution in [1.82, 2.24) is 4.57 Å². The van der Waals surface area contributed by atoms with Crippen LogP contribution in [0.2, 0.25) is 0 Å². The summed E-state index contributed by atoms with van der Waals surface area (Å²) >= 11 is 0. The van der Waals surface area contributed by atoms with Gasteiger partial charge in [0.05, 0.1) is 37.6 Å². The van der Waals surface area contributed by atoms with Crippen LogP contribution in [-0.4, -0.2) is 17.8 Å². The predicted octanol–water partition coefficient (Wildman–Crippen LogP) is 6.71. The van der Waals surface area contributed by atoms with Crippen molar-refractivity contribution in [1.29, 1.82) is 0 Å². The van der Waals surface area contributed by atoms with Crippen LogP contribution >= 0.6 is 0 Å². The van der Waals surface area contributed by atoms with Crippen molar-refractivity contribution < 1.29 is 13.9 Å². The Labute approximate surface area is 207 Å². The van der Waals surface area contributed by atoms with Crippen molar-refractivity contribution in [2.75, 3.05) is 18.9 Å². The lowest BCUT2D eigenvalue weighted by molar-refractivity contribution is 0.0761. The Morgan fingerprint density at radius 2 is 1.49 bits per heavy atom. The molecule has 0 saturated carbocycles. The quantitative estimate of drug-likeness (QED) is 0.246. The van der Waals surface area contributed by atoms with E-state index in [-0.39, 0.29) is 17.0 Å². The molecule has 0 unspecified atom stereocenters. The molecule has 0 aliphatic rings. The fourth-order valence-corrected chi connectivity index (χ4v) is 4.45. The Bertz CT molecular complexity index is 1240. The number of fused-ring (bicyclic) bond motifs is 1. The Balaban J connectivity index is 1.51. The summed E-state index contributed by atoms with van der Waals surface area (Å²) in [7, 11) is 0. The fraction of sp³-hybridized carbons (Fsp3) is 0.333. The van der Waals surface area contributed by atoms with Gasteiger partial charge >= 0.3 is 0 Å². The van der Waals surface area contributed by atoms with Gasteiger partial charge < -0.3 is 19.8 Å². The molecule has 0 saturated heterocycles. The fourth-order valence-electron chi connectivity index (χ4n) is 4.45. The minimum atomic E-state index is -0.394. The summed E-state index contributed by atoms with van der Waals surface area (Å²) < 4.78 is 28.8. The molecule has 2 N–H and O–H groups in total. The van der Waals surface area contributed by atoms with E-state index in [1.54, 1.807) is 12.1 Å². The molecule has 1 heterocycles. The van der Waals surface area contributed by atoms with Crippen LogP contribution in [0.25, 0.3) is 10.9 Å². The molecule has 0 aliphatic heterocycles. The summed E-state index contributed by atoms with van der Waals surface area (Å²) in [6.45, 7) is 9.47. The van der Waals surface area contributed by atoms with Gasteiger partial charge in [0.2, 0.25) is 0 Å². The largest absolute Gasteiger partial charge is 0.396 e. The number of nitrogens with zero attached hydrogens (tertiary/aromatic N) is 1. The second-order valence-electron chi connectivity index (χ2n) is 10.0. The maximum atomic E-state index is 14.5. The highest BCUT2D eigenvalue weighted by molar-refractivity contribution is 5.85. The standard InChI is InChI=1S/C30H35FN2O2/c1-22(18-34-19-23-10-6-4-7-11-23)17-33-28-16-26(31)27(32)14-25(28)15-29(33)30(2,3)21-35-20-24-12-8-5-9-13-24/h4-16,22H,17-21,32H2,1-3H3/t22-/m1/s1. The highest BCUT2D eigenvalue weighted by Crippen LogP contribution is 2.33. The van der Waals surface area contributed by atoms with Gasteiger partial charge in [-0.05, 0) is 29.2 Å². The van der Waals surface area contributed by atoms with Crippen LogP contribution in [0.5, 0.6) is 0 Å². The normalized spacial score (nSPS) is 12.8. The molecular weight excluding hydrogens is 439 g/mol. The maximum absolute atomic E-state index is 14.5. The second-order valence-corrected chi connectivity index (χ2v) is 10.0. The first-order chi connectivity index (χ1) is 16.8. The first-order valence-corrected chi connectivity index (χ1v) is 12.2. The van der Waals surface area contributed by atoms with Gasteiger partial charge in [0.25, 0.3) is 0 Å². The highest BCUT2D eigenvalue weighted by atomic mass is 19.1. The first kappa shape index (κ1) is 25.0. The molecule has 4 aromatic rings. The number of ether oxygens (including phenoxy) is 2. The molecule has 5 heteroatoms. The minimum Gasteiger partial charge on any atom is -0.396 e. The molecule has 35 heavy (non-hydrogen) atoms. The highest BCUT2D eigenvalue weighted by Gasteiger charge is 2.27. The van der Waals surface area contributed by atoms with Gasteiger partial charge in [0.1, 0.15) is 5.82 Å². The van der Waals surface area contributed by atoms with Crippen LogP contribution in [0.1, 0.15) is 37.6 Å². The molecule has 0 radical (unpaired) electrons. The monoisotopic (exact) mass is 474 g/mol. The molecule has 184 valence electrons. The summed E-state index contributed by atoms with van der Waals surface area (Å²) in [6, 6.07) is 25.7. The SMILES string of the molecule is C[C@@H](COCc1ccccc1)Cn1c(C(C)(C)COCc2ccccc2)cc2cc(N)c(F)cc21.